The Morgan fingerprint density at radius 2 is 0.682 bits per heavy atom. The lowest BCUT2D eigenvalue weighted by Gasteiger charge is -2.20. The summed E-state index contributed by atoms with van der Waals surface area (Å²) in [6, 6.07) is 62.3. The van der Waals surface area contributed by atoms with Gasteiger partial charge >= 0.3 is 0 Å². The van der Waals surface area contributed by atoms with Crippen molar-refractivity contribution in [1.82, 2.24) is 0 Å². The average molecular weight is 557 g/mol. The molecule has 0 spiro atoms. The molecule has 0 aliphatic rings. The number of benzene rings is 9. The van der Waals surface area contributed by atoms with Crippen LogP contribution in [0.1, 0.15) is 0 Å². The van der Waals surface area contributed by atoms with E-state index in [0.29, 0.717) is 0 Å². The summed E-state index contributed by atoms with van der Waals surface area (Å²) in [7, 11) is 0. The largest absolute Gasteiger partial charge is 0.0622 e. The second-order valence-electron chi connectivity index (χ2n) is 11.6. The lowest BCUT2D eigenvalue weighted by molar-refractivity contribution is 1.64. The van der Waals surface area contributed by atoms with E-state index >= 15 is 0 Å². The molecule has 0 radical (unpaired) electrons. The summed E-state index contributed by atoms with van der Waals surface area (Å²) in [5, 5.41) is 12.8. The highest BCUT2D eigenvalue weighted by atomic mass is 14.2. The molecule has 0 heterocycles. The van der Waals surface area contributed by atoms with Crippen molar-refractivity contribution in [3.63, 3.8) is 0 Å². The van der Waals surface area contributed by atoms with Gasteiger partial charge in [0.15, 0.2) is 0 Å². The first-order valence-corrected chi connectivity index (χ1v) is 15.3. The van der Waals surface area contributed by atoms with Crippen molar-refractivity contribution in [1.29, 1.82) is 0 Å². The van der Waals surface area contributed by atoms with Gasteiger partial charge in [0, 0.05) is 0 Å². The molecule has 0 nitrogen and oxygen atoms in total. The van der Waals surface area contributed by atoms with Gasteiger partial charge in [0.25, 0.3) is 0 Å². The molecular formula is C44H28. The quantitative estimate of drug-likeness (QED) is 0.150. The van der Waals surface area contributed by atoms with Gasteiger partial charge in [-0.1, -0.05) is 170 Å². The van der Waals surface area contributed by atoms with Crippen LogP contribution in [-0.2, 0) is 0 Å². The molecule has 0 amide bonds. The fourth-order valence-electron chi connectivity index (χ4n) is 7.36. The minimum Gasteiger partial charge on any atom is -0.0622 e. The number of fused-ring (bicyclic) bond motifs is 6. The van der Waals surface area contributed by atoms with Gasteiger partial charge in [0.1, 0.15) is 0 Å². The molecule has 204 valence electrons. The van der Waals surface area contributed by atoms with Gasteiger partial charge in [0.05, 0.1) is 0 Å². The van der Waals surface area contributed by atoms with E-state index in [1.165, 1.54) is 87.2 Å². The second kappa shape index (κ2) is 9.93. The van der Waals surface area contributed by atoms with Gasteiger partial charge in [0.2, 0.25) is 0 Å². The first-order chi connectivity index (χ1) is 21.9. The summed E-state index contributed by atoms with van der Waals surface area (Å²) < 4.78 is 0. The Bertz CT molecular complexity index is 2480. The normalized spacial score (nSPS) is 11.6. The second-order valence-corrected chi connectivity index (χ2v) is 11.6. The molecule has 44 heavy (non-hydrogen) atoms. The molecule has 0 heteroatoms. The molecule has 0 bridgehead atoms. The average Bonchev–Trinajstić information content (AvgIpc) is 3.10. The van der Waals surface area contributed by atoms with Crippen LogP contribution < -0.4 is 0 Å². The van der Waals surface area contributed by atoms with Crippen molar-refractivity contribution < 1.29 is 0 Å². The molecule has 0 aliphatic heterocycles. The predicted octanol–water partition coefficient (Wildman–Crippen LogP) is 12.5. The minimum absolute atomic E-state index is 1.24. The zero-order valence-corrected chi connectivity index (χ0v) is 24.2. The maximum atomic E-state index is 2.34. The van der Waals surface area contributed by atoms with Gasteiger partial charge < -0.3 is 0 Å². The molecule has 0 fully saturated rings. The fourth-order valence-corrected chi connectivity index (χ4v) is 7.36. The minimum atomic E-state index is 1.24. The van der Waals surface area contributed by atoms with Gasteiger partial charge in [-0.3, -0.25) is 0 Å². The Morgan fingerprint density at radius 1 is 0.227 bits per heavy atom. The summed E-state index contributed by atoms with van der Waals surface area (Å²) in [5.41, 5.74) is 7.64. The van der Waals surface area contributed by atoms with E-state index < -0.39 is 0 Å². The molecule has 0 aliphatic carbocycles. The Labute approximate surface area is 256 Å². The molecule has 9 aromatic rings. The Hall–Kier alpha value is -5.72. The first-order valence-electron chi connectivity index (χ1n) is 15.3. The van der Waals surface area contributed by atoms with E-state index in [-0.39, 0.29) is 0 Å². The highest BCUT2D eigenvalue weighted by Gasteiger charge is 2.20. The van der Waals surface area contributed by atoms with Crippen molar-refractivity contribution in [2.24, 2.45) is 0 Å². The summed E-state index contributed by atoms with van der Waals surface area (Å²) in [5.74, 6) is 0. The van der Waals surface area contributed by atoms with E-state index in [2.05, 4.69) is 170 Å². The van der Waals surface area contributed by atoms with E-state index in [0.717, 1.165) is 0 Å². The SMILES string of the molecule is c1ccc(-c2ccc(-c3c4ccccc4c(-c4cccc5ccc6ccccc6c45)c4ccccc34)c3ccccc23)cc1. The van der Waals surface area contributed by atoms with Gasteiger partial charge in [-0.2, -0.15) is 0 Å². The molecule has 0 saturated carbocycles. The number of rotatable bonds is 3. The molecule has 9 aromatic carbocycles. The van der Waals surface area contributed by atoms with Crippen LogP contribution in [0.2, 0.25) is 0 Å². The maximum Gasteiger partial charge on any atom is -0.00199 e. The van der Waals surface area contributed by atoms with Gasteiger partial charge in [-0.05, 0) is 87.2 Å². The molecule has 0 saturated heterocycles. The fraction of sp³-hybridized carbons (Fsp3) is 0. The Morgan fingerprint density at radius 3 is 1.34 bits per heavy atom. The third kappa shape index (κ3) is 3.71. The smallest absolute Gasteiger partial charge is 0.00199 e. The predicted molar refractivity (Wildman–Crippen MR) is 190 cm³/mol. The van der Waals surface area contributed by atoms with Crippen LogP contribution in [0.4, 0.5) is 0 Å². The maximum absolute atomic E-state index is 2.34. The number of hydrogen-bond acceptors (Lipinski definition) is 0. The van der Waals surface area contributed by atoms with Gasteiger partial charge in [-0.25, -0.2) is 0 Å². The van der Waals surface area contributed by atoms with Crippen molar-refractivity contribution in [2.45, 2.75) is 0 Å². The van der Waals surface area contributed by atoms with Crippen LogP contribution in [0, 0.1) is 0 Å². The summed E-state index contributed by atoms with van der Waals surface area (Å²) in [4.78, 5) is 0. The zero-order valence-electron chi connectivity index (χ0n) is 24.2. The van der Waals surface area contributed by atoms with Crippen molar-refractivity contribution in [2.75, 3.05) is 0 Å². The monoisotopic (exact) mass is 556 g/mol. The van der Waals surface area contributed by atoms with Crippen LogP contribution in [0.25, 0.3) is 87.2 Å². The topological polar surface area (TPSA) is 0 Å². The van der Waals surface area contributed by atoms with E-state index in [9.17, 15) is 0 Å². The first kappa shape index (κ1) is 24.8. The summed E-state index contributed by atoms with van der Waals surface area (Å²) in [6.45, 7) is 0. The van der Waals surface area contributed by atoms with Crippen LogP contribution in [0.15, 0.2) is 170 Å². The molecule has 0 N–H and O–H groups in total. The van der Waals surface area contributed by atoms with E-state index in [4.69, 9.17) is 0 Å². The Balaban J connectivity index is 1.43. The molecule has 9 rings (SSSR count). The van der Waals surface area contributed by atoms with Crippen molar-refractivity contribution in [3.8, 4) is 33.4 Å². The van der Waals surface area contributed by atoms with Crippen LogP contribution >= 0.6 is 0 Å². The summed E-state index contributed by atoms with van der Waals surface area (Å²) in [6.07, 6.45) is 0. The van der Waals surface area contributed by atoms with Crippen LogP contribution in [0.3, 0.4) is 0 Å². The molecule has 0 atom stereocenters. The van der Waals surface area contributed by atoms with Crippen molar-refractivity contribution >= 4 is 53.9 Å². The summed E-state index contributed by atoms with van der Waals surface area (Å²) >= 11 is 0. The van der Waals surface area contributed by atoms with Crippen molar-refractivity contribution in [3.05, 3.63) is 170 Å². The highest BCUT2D eigenvalue weighted by Crippen LogP contribution is 2.48. The van der Waals surface area contributed by atoms with E-state index in [1.807, 2.05) is 0 Å². The lowest BCUT2D eigenvalue weighted by atomic mass is 9.82. The van der Waals surface area contributed by atoms with Crippen LogP contribution in [-0.4, -0.2) is 0 Å². The zero-order chi connectivity index (χ0) is 29.0. The molecular weight excluding hydrogens is 528 g/mol. The lowest BCUT2D eigenvalue weighted by Crippen LogP contribution is -1.93. The Kier molecular flexibility index (Phi) is 5.61. The van der Waals surface area contributed by atoms with Crippen LogP contribution in [0.5, 0.6) is 0 Å². The molecule has 0 aromatic heterocycles. The third-order valence-electron chi connectivity index (χ3n) is 9.25. The standard InChI is InChI=1S/C44H28/c1-2-13-29(14-3-1)32-27-28-40(35-19-7-6-18-34(32)35)43-36-20-8-10-22-38(36)44(39-23-11-9-21-37(39)43)41-24-12-16-31-26-25-30-15-4-5-17-33(30)42(31)41/h1-28H. The third-order valence-corrected chi connectivity index (χ3v) is 9.25. The highest BCUT2D eigenvalue weighted by molar-refractivity contribution is 6.27. The van der Waals surface area contributed by atoms with Gasteiger partial charge in [-0.15, -0.1) is 0 Å². The molecule has 0 unspecified atom stereocenters. The number of hydrogen-bond donors (Lipinski definition) is 0. The van der Waals surface area contributed by atoms with E-state index in [1.54, 1.807) is 0 Å².